The molecular formula is C25H29ClF3N2O2+. The molecule has 2 aliphatic rings. The van der Waals surface area contributed by atoms with Crippen molar-refractivity contribution >= 4 is 17.4 Å². The van der Waals surface area contributed by atoms with E-state index in [0.717, 1.165) is 60.7 Å². The van der Waals surface area contributed by atoms with Crippen molar-refractivity contribution < 1.29 is 27.2 Å². The van der Waals surface area contributed by atoms with Crippen molar-refractivity contribution in [3.8, 4) is 0 Å². The molecule has 0 radical (unpaired) electrons. The number of ether oxygens (including phenoxy) is 1. The minimum absolute atomic E-state index is 0.0389. The van der Waals surface area contributed by atoms with Crippen LogP contribution in [0.25, 0.3) is 0 Å². The summed E-state index contributed by atoms with van der Waals surface area (Å²) in [6.07, 6.45) is -2.33. The number of halogens is 4. The fourth-order valence-corrected chi connectivity index (χ4v) is 4.74. The highest BCUT2D eigenvalue weighted by Gasteiger charge is 2.52. The average molecular weight is 482 g/mol. The number of hydrogen-bond acceptors (Lipinski definition) is 3. The molecule has 0 spiro atoms. The summed E-state index contributed by atoms with van der Waals surface area (Å²) in [6, 6.07) is 12.6. The van der Waals surface area contributed by atoms with Gasteiger partial charge in [-0.15, -0.1) is 0 Å². The number of benzene rings is 2. The lowest BCUT2D eigenvalue weighted by molar-refractivity contribution is -0.928. The van der Waals surface area contributed by atoms with Gasteiger partial charge in [-0.3, -0.25) is 4.79 Å². The summed E-state index contributed by atoms with van der Waals surface area (Å²) in [5.41, 5.74) is -0.548. The quantitative estimate of drug-likeness (QED) is 0.329. The Balaban J connectivity index is 1.25. The molecule has 2 saturated heterocycles. The van der Waals surface area contributed by atoms with Crippen LogP contribution in [-0.2, 0) is 17.5 Å². The Morgan fingerprint density at radius 2 is 1.85 bits per heavy atom. The third kappa shape index (κ3) is 5.96. The molecule has 0 aromatic heterocycles. The molecule has 2 aromatic carbocycles. The first-order chi connectivity index (χ1) is 15.6. The Morgan fingerprint density at radius 3 is 2.45 bits per heavy atom. The fourth-order valence-electron chi connectivity index (χ4n) is 4.62. The number of carbonyl (C=O) groups is 1. The molecule has 8 heteroatoms. The Morgan fingerprint density at radius 1 is 1.18 bits per heavy atom. The number of hydrogen-bond donors (Lipinski definition) is 1. The van der Waals surface area contributed by atoms with Crippen LogP contribution in [0, 0.1) is 5.92 Å². The van der Waals surface area contributed by atoms with Crippen molar-refractivity contribution in [2.24, 2.45) is 5.92 Å². The van der Waals surface area contributed by atoms with Crippen LogP contribution >= 0.6 is 11.6 Å². The zero-order valence-corrected chi connectivity index (χ0v) is 19.4. The maximum absolute atomic E-state index is 13.0. The molecule has 2 aromatic rings. The van der Waals surface area contributed by atoms with Crippen LogP contribution in [0.2, 0.25) is 5.02 Å². The van der Waals surface area contributed by atoms with Crippen molar-refractivity contribution in [1.29, 1.82) is 0 Å². The molecule has 4 rings (SSSR count). The van der Waals surface area contributed by atoms with Gasteiger partial charge in [0.1, 0.15) is 6.54 Å². The molecule has 2 aliphatic heterocycles. The van der Waals surface area contributed by atoms with Crippen molar-refractivity contribution in [3.63, 3.8) is 0 Å². The van der Waals surface area contributed by atoms with Crippen molar-refractivity contribution in [3.05, 3.63) is 70.2 Å². The van der Waals surface area contributed by atoms with E-state index in [1.165, 1.54) is 17.7 Å². The van der Waals surface area contributed by atoms with Crippen molar-refractivity contribution in [1.82, 2.24) is 5.32 Å². The van der Waals surface area contributed by atoms with Gasteiger partial charge in [-0.2, -0.15) is 13.2 Å². The van der Waals surface area contributed by atoms with E-state index in [2.05, 4.69) is 24.5 Å². The van der Waals surface area contributed by atoms with E-state index in [9.17, 15) is 18.0 Å². The number of quaternary nitrogens is 1. The highest BCUT2D eigenvalue weighted by atomic mass is 35.5. The standard InChI is InChI=1S/C25H29ClF3N2O2/c1-31(15-19-5-7-22(26)8-6-19)11-9-18(10-12-31)14-30-16-24(17-33-24)23(32)20-3-2-4-21(13-20)25(27,28)29/h2-8,13,18,30H,9-12,14-17H2,1H3/q+1. The predicted octanol–water partition coefficient (Wildman–Crippen LogP) is 4.96. The number of rotatable bonds is 8. The number of carbonyl (C=O) groups excluding carboxylic acids is 1. The first-order valence-corrected chi connectivity index (χ1v) is 11.6. The van der Waals surface area contributed by atoms with Crippen molar-refractivity contribution in [2.45, 2.75) is 31.2 Å². The van der Waals surface area contributed by atoms with Crippen molar-refractivity contribution in [2.75, 3.05) is 39.8 Å². The summed E-state index contributed by atoms with van der Waals surface area (Å²) in [5, 5.41) is 4.09. The zero-order valence-electron chi connectivity index (χ0n) is 18.6. The van der Waals surface area contributed by atoms with E-state index < -0.39 is 23.1 Å². The summed E-state index contributed by atoms with van der Waals surface area (Å²) in [5.74, 6) is 0.109. The van der Waals surface area contributed by atoms with E-state index in [1.807, 2.05) is 12.1 Å². The van der Waals surface area contributed by atoms with Gasteiger partial charge in [0.2, 0.25) is 0 Å². The monoisotopic (exact) mass is 481 g/mol. The van der Waals surface area contributed by atoms with Crippen LogP contribution in [0.4, 0.5) is 13.2 Å². The normalized spacial score (nSPS) is 27.4. The molecular weight excluding hydrogens is 453 g/mol. The molecule has 1 N–H and O–H groups in total. The number of nitrogens with one attached hydrogen (secondary N) is 1. The van der Waals surface area contributed by atoms with E-state index in [4.69, 9.17) is 16.3 Å². The lowest BCUT2D eigenvalue weighted by Crippen LogP contribution is -2.50. The first kappa shape index (κ1) is 24.2. The van der Waals surface area contributed by atoms with Crippen LogP contribution in [0.1, 0.15) is 34.3 Å². The minimum atomic E-state index is -4.48. The second-order valence-electron chi connectivity index (χ2n) is 9.62. The maximum atomic E-state index is 13.0. The third-order valence-corrected chi connectivity index (χ3v) is 7.09. The average Bonchev–Trinajstić information content (AvgIpc) is 3.57. The zero-order chi connectivity index (χ0) is 23.7. The van der Waals surface area contributed by atoms with Crippen LogP contribution in [0.15, 0.2) is 48.5 Å². The first-order valence-electron chi connectivity index (χ1n) is 11.2. The van der Waals surface area contributed by atoms with Gasteiger partial charge >= 0.3 is 6.18 Å². The SMILES string of the molecule is C[N+]1(Cc2ccc(Cl)cc2)CCC(CNCC2(C(=O)c3cccc(C(F)(F)F)c3)CO2)CC1. The smallest absolute Gasteiger partial charge is 0.359 e. The molecule has 1 atom stereocenters. The summed E-state index contributed by atoms with van der Waals surface area (Å²) in [6.45, 7) is 4.42. The van der Waals surface area contributed by atoms with Gasteiger partial charge in [0.25, 0.3) is 0 Å². The van der Waals surface area contributed by atoms with E-state index in [1.54, 1.807) is 0 Å². The van der Waals surface area contributed by atoms with Gasteiger partial charge < -0.3 is 14.5 Å². The van der Waals surface area contributed by atoms with Crippen LogP contribution in [0.5, 0.6) is 0 Å². The molecule has 0 bridgehead atoms. The summed E-state index contributed by atoms with van der Waals surface area (Å²) >= 11 is 5.99. The van der Waals surface area contributed by atoms with Gasteiger partial charge in [-0.1, -0.05) is 35.9 Å². The molecule has 2 heterocycles. The second-order valence-corrected chi connectivity index (χ2v) is 10.1. The van der Waals surface area contributed by atoms with Crippen LogP contribution in [-0.4, -0.2) is 55.7 Å². The highest BCUT2D eigenvalue weighted by Crippen LogP contribution is 2.34. The van der Waals surface area contributed by atoms with Gasteiger partial charge in [0.05, 0.1) is 32.3 Å². The molecule has 2 fully saturated rings. The molecule has 33 heavy (non-hydrogen) atoms. The Kier molecular flexibility index (Phi) is 6.87. The van der Waals surface area contributed by atoms with Crippen LogP contribution in [0.3, 0.4) is 0 Å². The summed E-state index contributed by atoms with van der Waals surface area (Å²) in [7, 11) is 2.28. The van der Waals surface area contributed by atoms with E-state index >= 15 is 0 Å². The lowest BCUT2D eigenvalue weighted by atomic mass is 9.93. The summed E-state index contributed by atoms with van der Waals surface area (Å²) in [4.78, 5) is 12.8. The van der Waals surface area contributed by atoms with Gasteiger partial charge in [0, 0.05) is 35.5 Å². The molecule has 0 amide bonds. The largest absolute Gasteiger partial charge is 0.416 e. The number of piperidine rings is 1. The number of nitrogens with zero attached hydrogens (tertiary/aromatic N) is 1. The Labute approximate surface area is 197 Å². The van der Waals surface area contributed by atoms with Gasteiger partial charge in [-0.05, 0) is 36.7 Å². The molecule has 1 unspecified atom stereocenters. The van der Waals surface area contributed by atoms with Gasteiger partial charge in [0.15, 0.2) is 11.4 Å². The number of Topliss-reactive ketones (excluding diaryl/α,β-unsaturated/α-hetero) is 1. The Bertz CT molecular complexity index is 982. The van der Waals surface area contributed by atoms with Crippen LogP contribution < -0.4 is 5.32 Å². The Hall–Kier alpha value is -1.93. The molecule has 0 saturated carbocycles. The molecule has 0 aliphatic carbocycles. The second kappa shape index (κ2) is 9.37. The highest BCUT2D eigenvalue weighted by molar-refractivity contribution is 6.30. The topological polar surface area (TPSA) is 41.6 Å². The number of ketones is 1. The third-order valence-electron chi connectivity index (χ3n) is 6.83. The predicted molar refractivity (Wildman–Crippen MR) is 121 cm³/mol. The van der Waals surface area contributed by atoms with E-state index in [0.29, 0.717) is 12.5 Å². The molecule has 4 nitrogen and oxygen atoms in total. The fraction of sp³-hybridized carbons (Fsp3) is 0.480. The number of alkyl halides is 3. The number of likely N-dealkylation sites (tertiary alicyclic amines) is 1. The molecule has 178 valence electrons. The van der Waals surface area contributed by atoms with Gasteiger partial charge in [-0.25, -0.2) is 0 Å². The minimum Gasteiger partial charge on any atom is -0.359 e. The lowest BCUT2D eigenvalue weighted by Gasteiger charge is -2.41. The maximum Gasteiger partial charge on any atom is 0.416 e. The van der Waals surface area contributed by atoms with E-state index in [-0.39, 0.29) is 12.2 Å². The summed E-state index contributed by atoms with van der Waals surface area (Å²) < 4.78 is 45.4. The number of epoxide rings is 1.